The van der Waals surface area contributed by atoms with Crippen LogP contribution in [0.5, 0.6) is 11.5 Å². The molecule has 6 heteroatoms. The molecule has 132 valence electrons. The van der Waals surface area contributed by atoms with E-state index in [4.69, 9.17) is 4.74 Å². The molecule has 26 heavy (non-hydrogen) atoms. The Bertz CT molecular complexity index is 884. The van der Waals surface area contributed by atoms with Crippen molar-refractivity contribution < 1.29 is 9.53 Å². The van der Waals surface area contributed by atoms with Crippen molar-refractivity contribution in [3.8, 4) is 11.5 Å². The fourth-order valence-electron chi connectivity index (χ4n) is 3.05. The van der Waals surface area contributed by atoms with Gasteiger partial charge < -0.3 is 15.0 Å². The summed E-state index contributed by atoms with van der Waals surface area (Å²) in [5.74, 6) is 1.87. The third-order valence-electron chi connectivity index (χ3n) is 4.53. The van der Waals surface area contributed by atoms with Gasteiger partial charge in [0.25, 0.3) is 0 Å². The van der Waals surface area contributed by atoms with E-state index < -0.39 is 0 Å². The van der Waals surface area contributed by atoms with Crippen LogP contribution >= 0.6 is 0 Å². The van der Waals surface area contributed by atoms with Crippen LogP contribution in [0.15, 0.2) is 66.9 Å². The maximum absolute atomic E-state index is 12.3. The molecule has 0 bridgehead atoms. The summed E-state index contributed by atoms with van der Waals surface area (Å²) in [6.07, 6.45) is 1.79. The number of carbonyl (C=O) groups excluding carboxylic acids is 1. The lowest BCUT2D eigenvalue weighted by Gasteiger charge is -2.39. The summed E-state index contributed by atoms with van der Waals surface area (Å²) in [6.45, 7) is 1.42. The van der Waals surface area contributed by atoms with E-state index in [9.17, 15) is 4.79 Å². The number of aromatic nitrogens is 2. The molecule has 0 spiro atoms. The monoisotopic (exact) mass is 348 g/mol. The van der Waals surface area contributed by atoms with E-state index in [2.05, 4.69) is 10.4 Å². The second kappa shape index (κ2) is 6.92. The number of urea groups is 1. The van der Waals surface area contributed by atoms with Crippen molar-refractivity contribution in [3.63, 3.8) is 0 Å². The number of nitrogens with zero attached hydrogens (tertiary/aromatic N) is 3. The van der Waals surface area contributed by atoms with Crippen LogP contribution in [0.25, 0.3) is 0 Å². The molecule has 3 aromatic rings. The first kappa shape index (κ1) is 16.2. The molecule has 1 aromatic heterocycles. The van der Waals surface area contributed by atoms with Crippen molar-refractivity contribution in [1.29, 1.82) is 0 Å². The number of para-hydroxylation sites is 1. The molecule has 0 unspecified atom stereocenters. The Kier molecular flexibility index (Phi) is 4.31. The highest BCUT2D eigenvalue weighted by atomic mass is 16.5. The predicted molar refractivity (Wildman–Crippen MR) is 99.5 cm³/mol. The number of benzene rings is 2. The number of nitrogens with one attached hydrogen (secondary N) is 1. The molecule has 1 fully saturated rings. The van der Waals surface area contributed by atoms with E-state index >= 15 is 0 Å². The molecule has 1 aliphatic heterocycles. The number of ether oxygens (including phenoxy) is 1. The van der Waals surface area contributed by atoms with Gasteiger partial charge in [-0.3, -0.25) is 4.68 Å². The van der Waals surface area contributed by atoms with Gasteiger partial charge in [0.15, 0.2) is 0 Å². The van der Waals surface area contributed by atoms with E-state index in [1.54, 1.807) is 11.1 Å². The maximum atomic E-state index is 12.3. The van der Waals surface area contributed by atoms with Crippen LogP contribution in [0.1, 0.15) is 11.6 Å². The highest BCUT2D eigenvalue weighted by Crippen LogP contribution is 2.27. The highest BCUT2D eigenvalue weighted by molar-refractivity contribution is 5.90. The summed E-state index contributed by atoms with van der Waals surface area (Å²) in [4.78, 5) is 14.1. The number of hydrogen-bond acceptors (Lipinski definition) is 3. The molecule has 2 amide bonds. The van der Waals surface area contributed by atoms with Gasteiger partial charge in [0.1, 0.15) is 11.5 Å². The quantitative estimate of drug-likeness (QED) is 0.779. The Morgan fingerprint density at radius 3 is 2.38 bits per heavy atom. The SMILES string of the molecule is Cn1nccc1C1CN(C(=O)Nc2ccc(Oc3ccccc3)cc2)C1. The number of likely N-dealkylation sites (tertiary alicyclic amines) is 1. The fraction of sp³-hybridized carbons (Fsp3) is 0.200. The highest BCUT2D eigenvalue weighted by Gasteiger charge is 2.33. The van der Waals surface area contributed by atoms with Crippen molar-refractivity contribution in [2.24, 2.45) is 7.05 Å². The normalized spacial score (nSPS) is 14.0. The van der Waals surface area contributed by atoms with Gasteiger partial charge in [0.2, 0.25) is 0 Å². The minimum Gasteiger partial charge on any atom is -0.457 e. The zero-order valence-corrected chi connectivity index (χ0v) is 14.5. The number of amides is 2. The van der Waals surface area contributed by atoms with Crippen LogP contribution in [-0.4, -0.2) is 33.8 Å². The van der Waals surface area contributed by atoms with Crippen LogP contribution < -0.4 is 10.1 Å². The molecule has 1 aliphatic rings. The first-order chi connectivity index (χ1) is 12.7. The second-order valence-electron chi connectivity index (χ2n) is 6.35. The fourth-order valence-corrected chi connectivity index (χ4v) is 3.05. The Morgan fingerprint density at radius 1 is 1.04 bits per heavy atom. The van der Waals surface area contributed by atoms with Gasteiger partial charge >= 0.3 is 6.03 Å². The van der Waals surface area contributed by atoms with Gasteiger partial charge in [-0.15, -0.1) is 0 Å². The standard InChI is InChI=1S/C20H20N4O2/c1-23-19(11-12-21-23)15-13-24(14-15)20(25)22-16-7-9-18(10-8-16)26-17-5-3-2-4-6-17/h2-12,15H,13-14H2,1H3,(H,22,25). The Labute approximate surface area is 152 Å². The van der Waals surface area contributed by atoms with Crippen molar-refractivity contribution in [1.82, 2.24) is 14.7 Å². The molecule has 0 atom stereocenters. The summed E-state index contributed by atoms with van der Waals surface area (Å²) in [7, 11) is 1.93. The van der Waals surface area contributed by atoms with Crippen molar-refractivity contribution in [2.75, 3.05) is 18.4 Å². The van der Waals surface area contributed by atoms with Gasteiger partial charge in [0.05, 0.1) is 0 Å². The first-order valence-electron chi connectivity index (χ1n) is 8.56. The molecule has 0 saturated carbocycles. The Hall–Kier alpha value is -3.28. The molecule has 2 aromatic carbocycles. The molecule has 6 nitrogen and oxygen atoms in total. The third kappa shape index (κ3) is 3.39. The molecule has 1 saturated heterocycles. The Morgan fingerprint density at radius 2 is 1.73 bits per heavy atom. The maximum Gasteiger partial charge on any atom is 0.321 e. The summed E-state index contributed by atoms with van der Waals surface area (Å²) < 4.78 is 7.62. The van der Waals surface area contributed by atoms with Crippen LogP contribution in [0, 0.1) is 0 Å². The number of carbonyl (C=O) groups is 1. The van der Waals surface area contributed by atoms with E-state index in [0.717, 1.165) is 22.9 Å². The lowest BCUT2D eigenvalue weighted by molar-refractivity contribution is 0.161. The molecule has 0 radical (unpaired) electrons. The number of anilines is 1. The molecule has 2 heterocycles. The van der Waals surface area contributed by atoms with Crippen LogP contribution in [0.3, 0.4) is 0 Å². The zero-order chi connectivity index (χ0) is 17.9. The van der Waals surface area contributed by atoms with Gasteiger partial charge in [-0.05, 0) is 42.5 Å². The minimum absolute atomic E-state index is 0.0832. The number of rotatable bonds is 4. The van der Waals surface area contributed by atoms with Crippen molar-refractivity contribution in [3.05, 3.63) is 72.6 Å². The number of aryl methyl sites for hydroxylation is 1. The number of hydrogen-bond donors (Lipinski definition) is 1. The van der Waals surface area contributed by atoms with E-state index in [1.807, 2.05) is 72.4 Å². The molecule has 0 aliphatic carbocycles. The average Bonchev–Trinajstić information content (AvgIpc) is 3.02. The minimum atomic E-state index is -0.0832. The van der Waals surface area contributed by atoms with Crippen LogP contribution in [0.2, 0.25) is 0 Å². The zero-order valence-electron chi connectivity index (χ0n) is 14.5. The van der Waals surface area contributed by atoms with Gasteiger partial charge in [0, 0.05) is 43.6 Å². The predicted octanol–water partition coefficient (Wildman–Crippen LogP) is 3.84. The Balaban J connectivity index is 1.30. The summed E-state index contributed by atoms with van der Waals surface area (Å²) in [5.41, 5.74) is 1.91. The van der Waals surface area contributed by atoms with E-state index in [1.165, 1.54) is 0 Å². The largest absolute Gasteiger partial charge is 0.457 e. The third-order valence-corrected chi connectivity index (χ3v) is 4.53. The summed E-state index contributed by atoms with van der Waals surface area (Å²) >= 11 is 0. The van der Waals surface area contributed by atoms with Gasteiger partial charge in [-0.25, -0.2) is 4.79 Å². The van der Waals surface area contributed by atoms with Crippen molar-refractivity contribution >= 4 is 11.7 Å². The lowest BCUT2D eigenvalue weighted by atomic mass is 9.97. The van der Waals surface area contributed by atoms with Gasteiger partial charge in [-0.1, -0.05) is 18.2 Å². The topological polar surface area (TPSA) is 59.4 Å². The summed E-state index contributed by atoms with van der Waals surface area (Å²) in [5, 5.41) is 7.11. The van der Waals surface area contributed by atoms with Gasteiger partial charge in [-0.2, -0.15) is 5.10 Å². The van der Waals surface area contributed by atoms with E-state index in [-0.39, 0.29) is 6.03 Å². The average molecular weight is 348 g/mol. The van der Waals surface area contributed by atoms with Crippen LogP contribution in [-0.2, 0) is 7.05 Å². The molecular weight excluding hydrogens is 328 g/mol. The molecular formula is C20H20N4O2. The van der Waals surface area contributed by atoms with E-state index in [0.29, 0.717) is 19.0 Å². The lowest BCUT2D eigenvalue weighted by Crippen LogP contribution is -2.50. The van der Waals surface area contributed by atoms with Crippen LogP contribution in [0.4, 0.5) is 10.5 Å². The molecule has 4 rings (SSSR count). The smallest absolute Gasteiger partial charge is 0.321 e. The second-order valence-corrected chi connectivity index (χ2v) is 6.35. The van der Waals surface area contributed by atoms with Crippen molar-refractivity contribution in [2.45, 2.75) is 5.92 Å². The molecule has 1 N–H and O–H groups in total. The first-order valence-corrected chi connectivity index (χ1v) is 8.56. The summed E-state index contributed by atoms with van der Waals surface area (Å²) in [6, 6.07) is 18.9.